The van der Waals surface area contributed by atoms with Crippen LogP contribution < -0.4 is 15.4 Å². The van der Waals surface area contributed by atoms with E-state index < -0.39 is 23.7 Å². The van der Waals surface area contributed by atoms with Crippen LogP contribution in [0.1, 0.15) is 72.7 Å². The van der Waals surface area contributed by atoms with Crippen molar-refractivity contribution in [3.63, 3.8) is 0 Å². The van der Waals surface area contributed by atoms with Gasteiger partial charge in [0.15, 0.2) is 0 Å². The molecule has 0 aromatic heterocycles. The van der Waals surface area contributed by atoms with E-state index >= 15 is 0 Å². The highest BCUT2D eigenvalue weighted by Crippen LogP contribution is 2.41. The molecule has 8 heteroatoms. The number of rotatable bonds is 10. The maximum Gasteiger partial charge on any atom is 0.408 e. The fraction of sp³-hybridized carbons (Fsp3) is 0.344. The SMILES string of the molecule is COC(=O)c1ccc([C@H](NC(=O)C(NC(=O)OC(C)(C)C)c2ccc(OCc3ccccc3)cc2)C2CC2)cc1. The first-order valence-corrected chi connectivity index (χ1v) is 13.4. The molecule has 1 fully saturated rings. The molecular formula is C32H36N2O6. The molecule has 3 aromatic carbocycles. The average molecular weight is 545 g/mol. The fourth-order valence-corrected chi connectivity index (χ4v) is 4.31. The maximum absolute atomic E-state index is 13.7. The van der Waals surface area contributed by atoms with Gasteiger partial charge in [-0.15, -0.1) is 0 Å². The van der Waals surface area contributed by atoms with Gasteiger partial charge in [0.1, 0.15) is 24.0 Å². The first-order chi connectivity index (χ1) is 19.1. The zero-order valence-electron chi connectivity index (χ0n) is 23.3. The average Bonchev–Trinajstić information content (AvgIpc) is 3.78. The van der Waals surface area contributed by atoms with Crippen LogP contribution >= 0.6 is 0 Å². The summed E-state index contributed by atoms with van der Waals surface area (Å²) >= 11 is 0. The molecule has 1 unspecified atom stereocenters. The van der Waals surface area contributed by atoms with Crippen molar-refractivity contribution in [2.24, 2.45) is 5.92 Å². The standard InChI is InChI=1S/C32H36N2O6/c1-32(2,3)40-31(37)34-28(24-16-18-26(19-17-24)39-20-21-8-6-5-7-9-21)29(35)33-27(22-10-11-22)23-12-14-25(15-13-23)30(36)38-4/h5-9,12-19,22,27-28H,10-11,20H2,1-4H3,(H,33,35)(H,34,37)/t27-,28?/m1/s1. The van der Waals surface area contributed by atoms with Gasteiger partial charge < -0.3 is 24.8 Å². The molecule has 0 aliphatic heterocycles. The Bertz CT molecular complexity index is 1300. The van der Waals surface area contributed by atoms with Crippen molar-refractivity contribution in [1.29, 1.82) is 0 Å². The van der Waals surface area contributed by atoms with Crippen LogP contribution in [0, 0.1) is 5.92 Å². The molecule has 1 aliphatic carbocycles. The number of benzene rings is 3. The van der Waals surface area contributed by atoms with Crippen LogP contribution in [0.3, 0.4) is 0 Å². The molecule has 40 heavy (non-hydrogen) atoms. The number of ether oxygens (including phenoxy) is 3. The van der Waals surface area contributed by atoms with Crippen LogP contribution in [0.2, 0.25) is 0 Å². The van der Waals surface area contributed by atoms with E-state index in [0.29, 0.717) is 23.5 Å². The van der Waals surface area contributed by atoms with Crippen LogP contribution in [0.15, 0.2) is 78.9 Å². The Morgan fingerprint density at radius 1 is 0.850 bits per heavy atom. The molecule has 0 radical (unpaired) electrons. The van der Waals surface area contributed by atoms with Crippen molar-refractivity contribution in [2.45, 2.75) is 57.9 Å². The number of hydrogen-bond acceptors (Lipinski definition) is 6. The maximum atomic E-state index is 13.7. The van der Waals surface area contributed by atoms with Crippen molar-refractivity contribution >= 4 is 18.0 Å². The minimum Gasteiger partial charge on any atom is -0.489 e. The third kappa shape index (κ3) is 8.09. The van der Waals surface area contributed by atoms with E-state index in [1.165, 1.54) is 7.11 Å². The Hall–Kier alpha value is -4.33. The van der Waals surface area contributed by atoms with E-state index in [2.05, 4.69) is 10.6 Å². The predicted molar refractivity (Wildman–Crippen MR) is 151 cm³/mol. The van der Waals surface area contributed by atoms with Gasteiger partial charge in [-0.05, 0) is 80.5 Å². The lowest BCUT2D eigenvalue weighted by Crippen LogP contribution is -2.43. The van der Waals surface area contributed by atoms with Crippen molar-refractivity contribution < 1.29 is 28.6 Å². The highest BCUT2D eigenvalue weighted by Gasteiger charge is 2.36. The molecule has 0 saturated heterocycles. The summed E-state index contributed by atoms with van der Waals surface area (Å²) in [4.78, 5) is 38.3. The van der Waals surface area contributed by atoms with E-state index in [9.17, 15) is 14.4 Å². The molecule has 2 N–H and O–H groups in total. The number of carbonyl (C=O) groups is 3. The third-order valence-corrected chi connectivity index (χ3v) is 6.47. The second-order valence-corrected chi connectivity index (χ2v) is 10.9. The second-order valence-electron chi connectivity index (χ2n) is 10.9. The predicted octanol–water partition coefficient (Wildman–Crippen LogP) is 5.89. The zero-order chi connectivity index (χ0) is 28.7. The second kappa shape index (κ2) is 12.7. The highest BCUT2D eigenvalue weighted by molar-refractivity contribution is 5.89. The summed E-state index contributed by atoms with van der Waals surface area (Å²) in [5.41, 5.74) is 2.22. The number of esters is 1. The Morgan fingerprint density at radius 3 is 2.05 bits per heavy atom. The van der Waals surface area contributed by atoms with Gasteiger partial charge in [-0.2, -0.15) is 0 Å². The molecule has 3 aromatic rings. The van der Waals surface area contributed by atoms with Crippen LogP contribution in [-0.2, 0) is 20.9 Å². The Balaban J connectivity index is 1.52. The van der Waals surface area contributed by atoms with E-state index in [0.717, 1.165) is 24.0 Å². The molecule has 210 valence electrons. The molecule has 0 spiro atoms. The van der Waals surface area contributed by atoms with E-state index in [4.69, 9.17) is 14.2 Å². The van der Waals surface area contributed by atoms with Crippen LogP contribution in [-0.4, -0.2) is 30.7 Å². The molecule has 0 heterocycles. The molecule has 2 amide bonds. The van der Waals surface area contributed by atoms with Gasteiger partial charge in [-0.3, -0.25) is 4.79 Å². The number of alkyl carbamates (subject to hydrolysis) is 1. The number of hydrogen-bond donors (Lipinski definition) is 2. The lowest BCUT2D eigenvalue weighted by molar-refractivity contribution is -0.124. The Kier molecular flexibility index (Phi) is 9.09. The number of nitrogens with one attached hydrogen (secondary N) is 2. The molecule has 4 rings (SSSR count). The number of carbonyl (C=O) groups excluding carboxylic acids is 3. The van der Waals surface area contributed by atoms with Crippen molar-refractivity contribution in [2.75, 3.05) is 7.11 Å². The van der Waals surface area contributed by atoms with Gasteiger partial charge in [-0.25, -0.2) is 9.59 Å². The van der Waals surface area contributed by atoms with Gasteiger partial charge in [-0.1, -0.05) is 54.6 Å². The summed E-state index contributed by atoms with van der Waals surface area (Å²) in [7, 11) is 1.34. The van der Waals surface area contributed by atoms with E-state index in [1.807, 2.05) is 42.5 Å². The first-order valence-electron chi connectivity index (χ1n) is 13.4. The van der Waals surface area contributed by atoms with Gasteiger partial charge in [0.25, 0.3) is 0 Å². The summed E-state index contributed by atoms with van der Waals surface area (Å²) in [5, 5.41) is 5.87. The lowest BCUT2D eigenvalue weighted by atomic mass is 9.99. The molecule has 1 saturated carbocycles. The zero-order valence-corrected chi connectivity index (χ0v) is 23.3. The molecule has 1 aliphatic rings. The molecule has 0 bridgehead atoms. The summed E-state index contributed by atoms with van der Waals surface area (Å²) in [6.45, 7) is 5.71. The monoisotopic (exact) mass is 544 g/mol. The molecule has 2 atom stereocenters. The fourth-order valence-electron chi connectivity index (χ4n) is 4.31. The summed E-state index contributed by atoms with van der Waals surface area (Å²) < 4.78 is 16.1. The van der Waals surface area contributed by atoms with Crippen molar-refractivity contribution in [3.8, 4) is 5.75 Å². The van der Waals surface area contributed by atoms with Crippen molar-refractivity contribution in [1.82, 2.24) is 10.6 Å². The topological polar surface area (TPSA) is 103 Å². The largest absolute Gasteiger partial charge is 0.489 e. The minimum atomic E-state index is -0.992. The molecular weight excluding hydrogens is 508 g/mol. The molecule has 8 nitrogen and oxygen atoms in total. The smallest absolute Gasteiger partial charge is 0.408 e. The van der Waals surface area contributed by atoms with Crippen molar-refractivity contribution in [3.05, 3.63) is 101 Å². The lowest BCUT2D eigenvalue weighted by Gasteiger charge is -2.26. The Labute approximate surface area is 235 Å². The quantitative estimate of drug-likeness (QED) is 0.309. The van der Waals surface area contributed by atoms with E-state index in [-0.39, 0.29) is 17.9 Å². The summed E-state index contributed by atoms with van der Waals surface area (Å²) in [6.07, 6.45) is 1.25. The van der Waals surface area contributed by atoms with Gasteiger partial charge in [0.05, 0.1) is 18.7 Å². The first kappa shape index (κ1) is 28.7. The van der Waals surface area contributed by atoms with Crippen LogP contribution in [0.25, 0.3) is 0 Å². The summed E-state index contributed by atoms with van der Waals surface area (Å²) in [6, 6.07) is 22.7. The Morgan fingerprint density at radius 2 is 1.48 bits per heavy atom. The highest BCUT2D eigenvalue weighted by atomic mass is 16.6. The number of amides is 2. The van der Waals surface area contributed by atoms with Gasteiger partial charge in [0, 0.05) is 0 Å². The van der Waals surface area contributed by atoms with E-state index in [1.54, 1.807) is 57.2 Å². The minimum absolute atomic E-state index is 0.267. The van der Waals surface area contributed by atoms with Gasteiger partial charge in [0.2, 0.25) is 5.91 Å². The normalized spacial score (nSPS) is 14.4. The summed E-state index contributed by atoms with van der Waals surface area (Å²) in [5.74, 6) is 0.128. The van der Waals surface area contributed by atoms with Crippen LogP contribution in [0.5, 0.6) is 5.75 Å². The van der Waals surface area contributed by atoms with Gasteiger partial charge >= 0.3 is 12.1 Å². The van der Waals surface area contributed by atoms with Crippen LogP contribution in [0.4, 0.5) is 4.79 Å². The third-order valence-electron chi connectivity index (χ3n) is 6.47. The number of methoxy groups -OCH3 is 1.